The molecule has 1 atom stereocenters. The number of hydrogen-bond donors (Lipinski definition) is 0. The highest BCUT2D eigenvalue weighted by Gasteiger charge is 2.13. The van der Waals surface area contributed by atoms with Crippen LogP contribution in [0.3, 0.4) is 0 Å². The Hall–Kier alpha value is -5.40. The Balaban J connectivity index is 0.000000138. The highest BCUT2D eigenvalue weighted by atomic mass is 16.6. The summed E-state index contributed by atoms with van der Waals surface area (Å²) in [6, 6.07) is 35.0. The molecule has 1 saturated heterocycles. The molecule has 0 bridgehead atoms. The third-order valence-corrected chi connectivity index (χ3v) is 7.24. The predicted octanol–water partition coefficient (Wildman–Crippen LogP) is 8.17. The summed E-state index contributed by atoms with van der Waals surface area (Å²) < 4.78 is 15.0. The molecule has 0 spiro atoms. The standard InChI is InChI=1S/C17H12N2O.C17H14N2O.C3H6O/c1-20-15-10-18-16-13-8-4-2-6-11(13)12-7-3-5-9-14(12)17(16)19-15;1-20-17-12-18-16(11-19-17)15-10-6-5-9-14(15)13-7-3-2-4-8-13;1-3-2-4-3/h2-10H,1H3;2-12H,1H3;3H,2H2,1H3. The fourth-order valence-corrected chi connectivity index (χ4v) is 4.94. The van der Waals surface area contributed by atoms with Crippen molar-refractivity contribution in [3.63, 3.8) is 0 Å². The Bertz CT molecular complexity index is 1980. The zero-order valence-corrected chi connectivity index (χ0v) is 24.8. The van der Waals surface area contributed by atoms with Crippen LogP contribution in [-0.4, -0.2) is 46.9 Å². The number of epoxide rings is 1. The Labute approximate surface area is 256 Å². The summed E-state index contributed by atoms with van der Waals surface area (Å²) in [5, 5.41) is 4.62. The van der Waals surface area contributed by atoms with E-state index in [9.17, 15) is 0 Å². The second-order valence-electron chi connectivity index (χ2n) is 10.2. The summed E-state index contributed by atoms with van der Waals surface area (Å²) in [5.74, 6) is 1.06. The number of ether oxygens (including phenoxy) is 3. The highest BCUT2D eigenvalue weighted by molar-refractivity contribution is 6.22. The number of benzene rings is 5. The van der Waals surface area contributed by atoms with Crippen LogP contribution < -0.4 is 9.47 Å². The molecule has 0 amide bonds. The second kappa shape index (κ2) is 13.3. The molecule has 5 aromatic carbocycles. The van der Waals surface area contributed by atoms with Crippen LogP contribution in [0.2, 0.25) is 0 Å². The van der Waals surface area contributed by atoms with Crippen molar-refractivity contribution in [1.82, 2.24) is 19.9 Å². The minimum absolute atomic E-state index is 0.519. The van der Waals surface area contributed by atoms with E-state index in [1.54, 1.807) is 32.8 Å². The maximum absolute atomic E-state index is 5.21. The number of aromatic nitrogens is 4. The molecule has 7 aromatic rings. The first-order valence-electron chi connectivity index (χ1n) is 14.4. The van der Waals surface area contributed by atoms with Crippen LogP contribution in [0, 0.1) is 0 Å². The van der Waals surface area contributed by atoms with Crippen molar-refractivity contribution in [3.05, 3.63) is 122 Å². The summed E-state index contributed by atoms with van der Waals surface area (Å²) >= 11 is 0. The minimum atomic E-state index is 0.519. The Morgan fingerprint density at radius 1 is 0.568 bits per heavy atom. The molecule has 2 aromatic heterocycles. The van der Waals surface area contributed by atoms with E-state index in [2.05, 4.69) is 81.5 Å². The fourth-order valence-electron chi connectivity index (χ4n) is 4.94. The van der Waals surface area contributed by atoms with Gasteiger partial charge in [-0.3, -0.25) is 0 Å². The number of fused-ring (bicyclic) bond motifs is 6. The third kappa shape index (κ3) is 6.33. The zero-order chi connectivity index (χ0) is 30.3. The smallest absolute Gasteiger partial charge is 0.232 e. The van der Waals surface area contributed by atoms with E-state index in [1.807, 2.05) is 48.5 Å². The lowest BCUT2D eigenvalue weighted by atomic mass is 9.98. The predicted molar refractivity (Wildman–Crippen MR) is 176 cm³/mol. The van der Waals surface area contributed by atoms with E-state index in [-0.39, 0.29) is 0 Å². The second-order valence-corrected chi connectivity index (χ2v) is 10.2. The van der Waals surface area contributed by atoms with Gasteiger partial charge in [0.1, 0.15) is 5.52 Å². The minimum Gasteiger partial charge on any atom is -0.480 e. The average molecular weight is 581 g/mol. The van der Waals surface area contributed by atoms with Gasteiger partial charge in [0, 0.05) is 16.3 Å². The van der Waals surface area contributed by atoms with Gasteiger partial charge in [0.15, 0.2) is 0 Å². The molecular formula is C37H32N4O3. The van der Waals surface area contributed by atoms with Gasteiger partial charge in [0.2, 0.25) is 11.8 Å². The van der Waals surface area contributed by atoms with Crippen molar-refractivity contribution in [2.75, 3.05) is 20.8 Å². The molecule has 44 heavy (non-hydrogen) atoms. The van der Waals surface area contributed by atoms with Gasteiger partial charge in [-0.2, -0.15) is 0 Å². The molecule has 0 radical (unpaired) electrons. The molecule has 218 valence electrons. The van der Waals surface area contributed by atoms with Crippen molar-refractivity contribution in [2.45, 2.75) is 13.0 Å². The lowest BCUT2D eigenvalue weighted by molar-refractivity contribution is 0.396. The highest BCUT2D eigenvalue weighted by Crippen LogP contribution is 2.33. The zero-order valence-electron chi connectivity index (χ0n) is 24.8. The third-order valence-electron chi connectivity index (χ3n) is 7.24. The molecule has 0 aliphatic carbocycles. The molecule has 7 heteroatoms. The van der Waals surface area contributed by atoms with Gasteiger partial charge in [0.25, 0.3) is 0 Å². The molecule has 1 unspecified atom stereocenters. The fraction of sp³-hybridized carbons (Fsp3) is 0.135. The Morgan fingerprint density at radius 2 is 1.09 bits per heavy atom. The van der Waals surface area contributed by atoms with Crippen LogP contribution in [0.1, 0.15) is 6.92 Å². The van der Waals surface area contributed by atoms with Gasteiger partial charge in [-0.1, -0.05) is 103 Å². The van der Waals surface area contributed by atoms with Crippen molar-refractivity contribution in [2.24, 2.45) is 0 Å². The number of nitrogens with zero attached hydrogens (tertiary/aromatic N) is 4. The van der Waals surface area contributed by atoms with Crippen LogP contribution in [0.4, 0.5) is 0 Å². The van der Waals surface area contributed by atoms with E-state index in [0.29, 0.717) is 17.9 Å². The first-order valence-corrected chi connectivity index (χ1v) is 14.4. The normalized spacial score (nSPS) is 13.4. The van der Waals surface area contributed by atoms with E-state index in [0.717, 1.165) is 45.2 Å². The van der Waals surface area contributed by atoms with Crippen LogP contribution in [0.25, 0.3) is 55.0 Å². The van der Waals surface area contributed by atoms with E-state index < -0.39 is 0 Å². The molecule has 7 nitrogen and oxygen atoms in total. The van der Waals surface area contributed by atoms with Crippen molar-refractivity contribution in [3.8, 4) is 34.1 Å². The van der Waals surface area contributed by atoms with Crippen molar-refractivity contribution < 1.29 is 14.2 Å². The van der Waals surface area contributed by atoms with Gasteiger partial charge in [0.05, 0.1) is 56.7 Å². The summed E-state index contributed by atoms with van der Waals surface area (Å²) in [5.41, 5.74) is 6.02. The molecule has 0 saturated carbocycles. The largest absolute Gasteiger partial charge is 0.480 e. The molecule has 0 N–H and O–H groups in total. The number of rotatable bonds is 4. The van der Waals surface area contributed by atoms with Gasteiger partial charge in [-0.05, 0) is 28.8 Å². The van der Waals surface area contributed by atoms with E-state index in [4.69, 9.17) is 14.2 Å². The summed E-state index contributed by atoms with van der Waals surface area (Å²) in [7, 11) is 3.20. The summed E-state index contributed by atoms with van der Waals surface area (Å²) in [6.07, 6.45) is 5.63. The number of hydrogen-bond acceptors (Lipinski definition) is 7. The number of methoxy groups -OCH3 is 2. The van der Waals surface area contributed by atoms with E-state index in [1.165, 1.54) is 16.3 Å². The first kappa shape index (κ1) is 28.7. The monoisotopic (exact) mass is 580 g/mol. The summed E-state index contributed by atoms with van der Waals surface area (Å²) in [4.78, 5) is 17.8. The molecule has 8 rings (SSSR count). The topological polar surface area (TPSA) is 82.5 Å². The molecule has 1 aliphatic rings. The van der Waals surface area contributed by atoms with E-state index >= 15 is 0 Å². The van der Waals surface area contributed by atoms with Crippen molar-refractivity contribution >= 4 is 32.6 Å². The molecule has 1 aliphatic heterocycles. The maximum Gasteiger partial charge on any atom is 0.232 e. The lowest BCUT2D eigenvalue weighted by Gasteiger charge is -2.09. The first-order chi connectivity index (χ1) is 21.7. The van der Waals surface area contributed by atoms with Crippen LogP contribution >= 0.6 is 0 Å². The van der Waals surface area contributed by atoms with Crippen LogP contribution in [0.15, 0.2) is 122 Å². The van der Waals surface area contributed by atoms with Gasteiger partial charge < -0.3 is 14.2 Å². The summed E-state index contributed by atoms with van der Waals surface area (Å²) in [6.45, 7) is 3.04. The van der Waals surface area contributed by atoms with Crippen molar-refractivity contribution in [1.29, 1.82) is 0 Å². The quantitative estimate of drug-likeness (QED) is 0.153. The Morgan fingerprint density at radius 3 is 1.66 bits per heavy atom. The molecular weight excluding hydrogens is 548 g/mol. The molecule has 1 fully saturated rings. The Kier molecular flexibility index (Phi) is 8.66. The van der Waals surface area contributed by atoms with Gasteiger partial charge in [-0.25, -0.2) is 19.9 Å². The SMILES string of the molecule is CC1CO1.COc1cnc(-c2ccccc2-c2ccccc2)cn1.COc1cnc2c3ccccc3c3ccccc3c2n1. The van der Waals surface area contributed by atoms with Crippen LogP contribution in [-0.2, 0) is 4.74 Å². The maximum atomic E-state index is 5.21. The lowest BCUT2D eigenvalue weighted by Crippen LogP contribution is -1.92. The average Bonchev–Trinajstić information content (AvgIpc) is 3.91. The van der Waals surface area contributed by atoms with Gasteiger partial charge in [-0.15, -0.1) is 0 Å². The molecule has 3 heterocycles. The van der Waals surface area contributed by atoms with Crippen LogP contribution in [0.5, 0.6) is 11.8 Å². The van der Waals surface area contributed by atoms with Gasteiger partial charge >= 0.3 is 0 Å².